The zero-order valence-corrected chi connectivity index (χ0v) is 14.6. The number of hydrogen-bond acceptors (Lipinski definition) is 6. The number of tetrazole rings is 1. The zero-order chi connectivity index (χ0) is 17.8. The van der Waals surface area contributed by atoms with Crippen LogP contribution in [0.4, 0.5) is 0 Å². The van der Waals surface area contributed by atoms with Crippen LogP contribution in [-0.2, 0) is 9.53 Å². The molecule has 1 atom stereocenters. The van der Waals surface area contributed by atoms with Gasteiger partial charge in [-0.1, -0.05) is 25.3 Å². The minimum atomic E-state index is -0.126. The van der Waals surface area contributed by atoms with E-state index in [4.69, 9.17) is 9.47 Å². The summed E-state index contributed by atoms with van der Waals surface area (Å²) in [6, 6.07) is 7.37. The maximum absolute atomic E-state index is 12.2. The Balaban J connectivity index is 1.27. The van der Waals surface area contributed by atoms with Gasteiger partial charge in [-0.3, -0.25) is 4.79 Å². The van der Waals surface area contributed by atoms with Crippen LogP contribution in [-0.4, -0.2) is 51.0 Å². The molecular formula is C18H23N5O3. The number of carbonyl (C=O) groups is 1. The van der Waals surface area contributed by atoms with Gasteiger partial charge in [0.05, 0.1) is 23.9 Å². The first-order chi connectivity index (χ1) is 12.7. The molecule has 2 heterocycles. The first-order valence-electron chi connectivity index (χ1n) is 9.12. The topological polar surface area (TPSA) is 91.2 Å². The van der Waals surface area contributed by atoms with Gasteiger partial charge >= 0.3 is 0 Å². The number of hydrogen-bond donors (Lipinski definition) is 1. The van der Waals surface area contributed by atoms with Crippen LogP contribution in [0, 0.1) is 0 Å². The molecule has 0 unspecified atom stereocenters. The molecule has 8 nitrogen and oxygen atoms in total. The average molecular weight is 357 g/mol. The van der Waals surface area contributed by atoms with Gasteiger partial charge in [0.25, 0.3) is 5.91 Å². The number of nitrogens with one attached hydrogen (secondary N) is 1. The highest BCUT2D eigenvalue weighted by molar-refractivity contribution is 5.77. The van der Waals surface area contributed by atoms with Crippen LogP contribution < -0.4 is 10.1 Å². The summed E-state index contributed by atoms with van der Waals surface area (Å²) in [5, 5.41) is 14.1. The summed E-state index contributed by atoms with van der Waals surface area (Å²) >= 11 is 0. The fourth-order valence-electron chi connectivity index (χ4n) is 3.90. The third-order valence-corrected chi connectivity index (χ3v) is 5.14. The fourth-order valence-corrected chi connectivity index (χ4v) is 3.90. The predicted octanol–water partition coefficient (Wildman–Crippen LogP) is 1.65. The van der Waals surface area contributed by atoms with Gasteiger partial charge in [-0.2, -0.15) is 0 Å². The van der Waals surface area contributed by atoms with E-state index in [9.17, 15) is 4.79 Å². The van der Waals surface area contributed by atoms with Crippen molar-refractivity contribution in [2.75, 3.05) is 13.2 Å². The van der Waals surface area contributed by atoms with E-state index in [-0.39, 0.29) is 24.2 Å². The molecule has 0 radical (unpaired) electrons. The van der Waals surface area contributed by atoms with Gasteiger partial charge in [-0.25, -0.2) is 4.68 Å². The Hall–Kier alpha value is -2.48. The Morgan fingerprint density at radius 1 is 1.35 bits per heavy atom. The second-order valence-electron chi connectivity index (χ2n) is 7.06. The summed E-state index contributed by atoms with van der Waals surface area (Å²) in [5.41, 5.74) is 0.772. The molecule has 1 aromatic carbocycles. The van der Waals surface area contributed by atoms with Crippen molar-refractivity contribution in [3.8, 4) is 11.4 Å². The highest BCUT2D eigenvalue weighted by atomic mass is 16.5. The van der Waals surface area contributed by atoms with Gasteiger partial charge in [0.15, 0.2) is 6.61 Å². The first kappa shape index (κ1) is 17.0. The van der Waals surface area contributed by atoms with Crippen LogP contribution >= 0.6 is 0 Å². The van der Waals surface area contributed by atoms with Crippen LogP contribution in [0.3, 0.4) is 0 Å². The molecule has 1 aromatic heterocycles. The molecule has 1 saturated heterocycles. The van der Waals surface area contributed by atoms with Crippen molar-refractivity contribution in [3.05, 3.63) is 30.6 Å². The third-order valence-electron chi connectivity index (χ3n) is 5.14. The van der Waals surface area contributed by atoms with Crippen LogP contribution in [0.1, 0.15) is 38.5 Å². The molecule has 138 valence electrons. The van der Waals surface area contributed by atoms with Crippen LogP contribution in [0.5, 0.6) is 5.75 Å². The lowest BCUT2D eigenvalue weighted by atomic mass is 9.82. The van der Waals surface area contributed by atoms with Crippen LogP contribution in [0.25, 0.3) is 5.69 Å². The second-order valence-corrected chi connectivity index (χ2v) is 7.06. The summed E-state index contributed by atoms with van der Waals surface area (Å²) in [5.74, 6) is 0.471. The molecule has 2 aromatic rings. The average Bonchev–Trinajstić information content (AvgIpc) is 3.32. The molecule has 2 fully saturated rings. The van der Waals surface area contributed by atoms with Crippen LogP contribution in [0.2, 0.25) is 0 Å². The number of rotatable bonds is 5. The Morgan fingerprint density at radius 2 is 2.23 bits per heavy atom. The summed E-state index contributed by atoms with van der Waals surface area (Å²) < 4.78 is 13.2. The summed E-state index contributed by atoms with van der Waals surface area (Å²) in [4.78, 5) is 12.2. The minimum absolute atomic E-state index is 0.00276. The van der Waals surface area contributed by atoms with E-state index < -0.39 is 0 Å². The highest BCUT2D eigenvalue weighted by Gasteiger charge is 2.41. The molecule has 1 aliphatic carbocycles. The Morgan fingerprint density at radius 3 is 3.04 bits per heavy atom. The van der Waals surface area contributed by atoms with Crippen molar-refractivity contribution in [3.63, 3.8) is 0 Å². The van der Waals surface area contributed by atoms with E-state index in [1.54, 1.807) is 12.1 Å². The van der Waals surface area contributed by atoms with Gasteiger partial charge in [-0.15, -0.1) is 5.10 Å². The maximum Gasteiger partial charge on any atom is 0.258 e. The molecule has 8 heteroatoms. The zero-order valence-electron chi connectivity index (χ0n) is 14.6. The second kappa shape index (κ2) is 7.41. The molecule has 1 spiro atoms. The van der Waals surface area contributed by atoms with Gasteiger partial charge in [0.1, 0.15) is 12.1 Å². The Kier molecular flexibility index (Phi) is 4.83. The normalized spacial score (nSPS) is 21.6. The van der Waals surface area contributed by atoms with E-state index in [1.165, 1.54) is 30.3 Å². The SMILES string of the molecule is O=C(COc1cccc(-n2cnnn2)c1)N[C@@H]1COC2(CCCCC2)C1. The molecule has 26 heavy (non-hydrogen) atoms. The molecule has 2 aliphatic rings. The van der Waals surface area contributed by atoms with E-state index >= 15 is 0 Å². The minimum Gasteiger partial charge on any atom is -0.484 e. The maximum atomic E-state index is 12.2. The van der Waals surface area contributed by atoms with E-state index in [0.29, 0.717) is 12.4 Å². The van der Waals surface area contributed by atoms with Crippen molar-refractivity contribution < 1.29 is 14.3 Å². The number of ether oxygens (including phenoxy) is 2. The smallest absolute Gasteiger partial charge is 0.258 e. The standard InChI is InChI=1S/C18H23N5O3/c24-17(20-14-10-18(26-11-14)7-2-1-3-8-18)12-25-16-6-4-5-15(9-16)23-13-19-21-22-23/h4-6,9,13-14H,1-3,7-8,10-12H2,(H,20,24)/t14-/m0/s1. The van der Waals surface area contributed by atoms with Gasteiger partial charge in [0, 0.05) is 6.07 Å². The van der Waals surface area contributed by atoms with E-state index in [0.717, 1.165) is 24.9 Å². The number of amides is 1. The monoisotopic (exact) mass is 357 g/mol. The first-order valence-corrected chi connectivity index (χ1v) is 9.12. The highest BCUT2D eigenvalue weighted by Crippen LogP contribution is 2.39. The van der Waals surface area contributed by atoms with Crippen LogP contribution in [0.15, 0.2) is 30.6 Å². The fraction of sp³-hybridized carbons (Fsp3) is 0.556. The quantitative estimate of drug-likeness (QED) is 0.875. The molecule has 1 saturated carbocycles. The molecule has 0 bridgehead atoms. The van der Waals surface area contributed by atoms with Crippen molar-refractivity contribution in [2.45, 2.75) is 50.2 Å². The van der Waals surface area contributed by atoms with Crippen molar-refractivity contribution >= 4 is 5.91 Å². The van der Waals surface area contributed by atoms with Gasteiger partial charge in [0.2, 0.25) is 0 Å². The van der Waals surface area contributed by atoms with Crippen molar-refractivity contribution in [1.29, 1.82) is 0 Å². The summed E-state index contributed by atoms with van der Waals surface area (Å²) in [6.07, 6.45) is 8.38. The van der Waals surface area contributed by atoms with Crippen molar-refractivity contribution in [2.24, 2.45) is 0 Å². The molecule has 1 aliphatic heterocycles. The lowest BCUT2D eigenvalue weighted by Gasteiger charge is -2.32. The summed E-state index contributed by atoms with van der Waals surface area (Å²) in [6.45, 7) is 0.573. The predicted molar refractivity (Wildman–Crippen MR) is 93.0 cm³/mol. The van der Waals surface area contributed by atoms with E-state index in [1.807, 2.05) is 12.1 Å². The number of carbonyl (C=O) groups excluding carboxylic acids is 1. The largest absolute Gasteiger partial charge is 0.484 e. The van der Waals surface area contributed by atoms with Gasteiger partial charge < -0.3 is 14.8 Å². The third kappa shape index (κ3) is 3.85. The van der Waals surface area contributed by atoms with E-state index in [2.05, 4.69) is 20.8 Å². The molecule has 1 N–H and O–H groups in total. The number of aromatic nitrogens is 4. The number of benzene rings is 1. The molecule has 4 rings (SSSR count). The Labute approximate surface area is 151 Å². The molecule has 1 amide bonds. The molecular weight excluding hydrogens is 334 g/mol. The number of nitrogens with zero attached hydrogens (tertiary/aromatic N) is 4. The van der Waals surface area contributed by atoms with Gasteiger partial charge in [-0.05, 0) is 41.8 Å². The lowest BCUT2D eigenvalue weighted by molar-refractivity contribution is -0.123. The summed E-state index contributed by atoms with van der Waals surface area (Å²) in [7, 11) is 0. The van der Waals surface area contributed by atoms with Crippen molar-refractivity contribution in [1.82, 2.24) is 25.5 Å². The Bertz CT molecular complexity index is 743. The lowest BCUT2D eigenvalue weighted by Crippen LogP contribution is -2.39.